The Morgan fingerprint density at radius 3 is 2.77 bits per heavy atom. The lowest BCUT2D eigenvalue weighted by atomic mass is 9.97. The summed E-state index contributed by atoms with van der Waals surface area (Å²) in [6.45, 7) is 2.71. The fraction of sp³-hybridized carbons (Fsp3) is 0.438. The van der Waals surface area contributed by atoms with E-state index in [9.17, 15) is 23.1 Å². The number of aliphatic hydroxyl groups is 1. The Kier molecular flexibility index (Phi) is 6.92. The number of nitrogens with zero attached hydrogens (tertiary/aromatic N) is 4. The van der Waals surface area contributed by atoms with Crippen LogP contribution in [0.4, 0.5) is 15.9 Å². The van der Waals surface area contributed by atoms with Gasteiger partial charge in [-0.25, -0.2) is 14.0 Å². The summed E-state index contributed by atoms with van der Waals surface area (Å²) in [6.07, 6.45) is -0.522. The first-order chi connectivity index (χ1) is 14.5. The number of hydrogen-bond acceptors (Lipinski definition) is 10. The van der Waals surface area contributed by atoms with E-state index in [1.54, 1.807) is 13.8 Å². The molecule has 0 spiro atoms. The number of β-amino-alcohol motifs (C(OH)–C–C–N with tert-alkyl or cyclic N) is 1. The molecule has 0 radical (unpaired) electrons. The first-order valence-electron chi connectivity index (χ1n) is 8.94. The van der Waals surface area contributed by atoms with Crippen molar-refractivity contribution in [2.24, 2.45) is 4.99 Å². The van der Waals surface area contributed by atoms with Crippen molar-refractivity contribution in [1.82, 2.24) is 20.1 Å². The fourth-order valence-corrected chi connectivity index (χ4v) is 4.48. The maximum atomic E-state index is 13.4. The van der Waals surface area contributed by atoms with Gasteiger partial charge in [0.1, 0.15) is 11.4 Å². The van der Waals surface area contributed by atoms with Crippen LogP contribution in [0.25, 0.3) is 0 Å². The van der Waals surface area contributed by atoms with Gasteiger partial charge in [-0.05, 0) is 58.3 Å². The molecule has 1 aliphatic rings. The van der Waals surface area contributed by atoms with Gasteiger partial charge in [-0.3, -0.25) is 14.9 Å². The van der Waals surface area contributed by atoms with Gasteiger partial charge >= 0.3 is 10.3 Å². The van der Waals surface area contributed by atoms with Gasteiger partial charge in [0.05, 0.1) is 16.3 Å². The van der Waals surface area contributed by atoms with Crippen LogP contribution in [0.1, 0.15) is 19.5 Å². The Morgan fingerprint density at radius 1 is 1.45 bits per heavy atom. The third kappa shape index (κ3) is 5.55. The van der Waals surface area contributed by atoms with Crippen LogP contribution in [-0.2, 0) is 14.5 Å². The van der Waals surface area contributed by atoms with Gasteiger partial charge in [0, 0.05) is 19.6 Å². The minimum absolute atomic E-state index is 0.0153. The van der Waals surface area contributed by atoms with Gasteiger partial charge in [0.15, 0.2) is 11.5 Å². The van der Waals surface area contributed by atoms with Crippen LogP contribution >= 0.6 is 15.9 Å². The topological polar surface area (TPSA) is 162 Å². The number of benzene rings is 1. The maximum absolute atomic E-state index is 13.4. The summed E-state index contributed by atoms with van der Waals surface area (Å²) < 4.78 is 48.1. The highest BCUT2D eigenvalue weighted by molar-refractivity contribution is 9.10. The standard InChI is InChI=1S/C16H20BrFN6O6S/c1-9(2)29-31(27,28)24-7-16(25,8-24)6-19-14-13(22-30-23-14)15(21-26)20-10-3-4-12(18)11(17)5-10/h3-5,9,25-26H,6-8H2,1-2H3,(H,19,23)(H,20,21). The number of amidine groups is 1. The Labute approximate surface area is 185 Å². The van der Waals surface area contributed by atoms with Crippen molar-refractivity contribution >= 4 is 43.6 Å². The Bertz CT molecular complexity index is 1070. The highest BCUT2D eigenvalue weighted by atomic mass is 79.9. The van der Waals surface area contributed by atoms with Crippen molar-refractivity contribution in [2.75, 3.05) is 25.0 Å². The molecule has 12 nitrogen and oxygen atoms in total. The molecule has 1 aromatic carbocycles. The molecule has 2 aromatic rings. The summed E-state index contributed by atoms with van der Waals surface area (Å²) in [5, 5.41) is 30.1. The van der Waals surface area contributed by atoms with Crippen LogP contribution in [0.5, 0.6) is 0 Å². The summed E-state index contributed by atoms with van der Waals surface area (Å²) in [6, 6.07) is 3.95. The maximum Gasteiger partial charge on any atom is 0.338 e. The van der Waals surface area contributed by atoms with Crippen LogP contribution in [0.3, 0.4) is 0 Å². The van der Waals surface area contributed by atoms with E-state index < -0.39 is 27.8 Å². The van der Waals surface area contributed by atoms with Gasteiger partial charge < -0.3 is 10.4 Å². The molecule has 0 unspecified atom stereocenters. The van der Waals surface area contributed by atoms with Gasteiger partial charge in [-0.15, -0.1) is 0 Å². The molecule has 0 bridgehead atoms. The number of hydrogen-bond donors (Lipinski definition) is 4. The zero-order chi connectivity index (χ0) is 22.8. The van der Waals surface area contributed by atoms with E-state index in [2.05, 4.69) is 41.2 Å². The average molecular weight is 523 g/mol. The van der Waals surface area contributed by atoms with Crippen LogP contribution in [-0.4, -0.2) is 70.5 Å². The van der Waals surface area contributed by atoms with Crippen molar-refractivity contribution in [3.05, 3.63) is 34.2 Å². The first kappa shape index (κ1) is 23.5. The largest absolute Gasteiger partial charge is 0.385 e. The SMILES string of the molecule is CC(C)OS(=O)(=O)N1CC(O)(CNc2nonc2C(=Nc2ccc(F)c(Br)c2)NO)C1. The minimum Gasteiger partial charge on any atom is -0.385 e. The predicted octanol–water partition coefficient (Wildman–Crippen LogP) is 1.16. The number of rotatable bonds is 8. The number of halogens is 2. The smallest absolute Gasteiger partial charge is 0.338 e. The lowest BCUT2D eigenvalue weighted by molar-refractivity contribution is -0.0532. The molecule has 31 heavy (non-hydrogen) atoms. The summed E-state index contributed by atoms with van der Waals surface area (Å²) in [7, 11) is -3.93. The third-order valence-electron chi connectivity index (χ3n) is 4.12. The molecule has 1 aliphatic heterocycles. The summed E-state index contributed by atoms with van der Waals surface area (Å²) in [4.78, 5) is 4.12. The molecule has 0 atom stereocenters. The highest BCUT2D eigenvalue weighted by Crippen LogP contribution is 2.27. The van der Waals surface area contributed by atoms with Crippen LogP contribution in [0.2, 0.25) is 0 Å². The van der Waals surface area contributed by atoms with E-state index in [0.29, 0.717) is 5.69 Å². The fourth-order valence-electron chi connectivity index (χ4n) is 2.71. The van der Waals surface area contributed by atoms with Gasteiger partial charge in [-0.1, -0.05) is 0 Å². The second kappa shape index (κ2) is 9.13. The quantitative estimate of drug-likeness (QED) is 0.224. The molecular weight excluding hydrogens is 503 g/mol. The molecule has 0 saturated carbocycles. The second-order valence-electron chi connectivity index (χ2n) is 7.08. The predicted molar refractivity (Wildman–Crippen MR) is 110 cm³/mol. The average Bonchev–Trinajstić information content (AvgIpc) is 3.12. The van der Waals surface area contributed by atoms with Gasteiger partial charge in [0.25, 0.3) is 0 Å². The minimum atomic E-state index is -3.93. The Morgan fingerprint density at radius 2 is 2.16 bits per heavy atom. The van der Waals surface area contributed by atoms with Gasteiger partial charge in [0.2, 0.25) is 5.82 Å². The van der Waals surface area contributed by atoms with Crippen LogP contribution in [0, 0.1) is 5.82 Å². The molecule has 0 aliphatic carbocycles. The Balaban J connectivity index is 1.68. The molecule has 4 N–H and O–H groups in total. The van der Waals surface area contributed by atoms with Crippen molar-refractivity contribution in [2.45, 2.75) is 25.6 Å². The van der Waals surface area contributed by atoms with Crippen LogP contribution in [0.15, 0.2) is 32.3 Å². The number of anilines is 1. The van der Waals surface area contributed by atoms with E-state index in [4.69, 9.17) is 4.18 Å². The molecule has 3 rings (SSSR count). The number of aliphatic imine (C=N–C) groups is 1. The van der Waals surface area contributed by atoms with E-state index in [-0.39, 0.29) is 41.5 Å². The monoisotopic (exact) mass is 522 g/mol. The molecule has 2 heterocycles. The molecule has 0 amide bonds. The second-order valence-corrected chi connectivity index (χ2v) is 9.50. The Hall–Kier alpha value is -2.17. The van der Waals surface area contributed by atoms with Crippen molar-refractivity contribution in [3.63, 3.8) is 0 Å². The zero-order valence-corrected chi connectivity index (χ0v) is 18.8. The normalized spacial score (nSPS) is 16.9. The first-order valence-corrected chi connectivity index (χ1v) is 11.1. The van der Waals surface area contributed by atoms with Crippen molar-refractivity contribution < 1.29 is 31.9 Å². The summed E-state index contributed by atoms with van der Waals surface area (Å²) in [5.74, 6) is -0.599. The number of aromatic nitrogens is 2. The van der Waals surface area contributed by atoms with E-state index >= 15 is 0 Å². The number of hydroxylamine groups is 1. The van der Waals surface area contributed by atoms with Crippen molar-refractivity contribution in [1.29, 1.82) is 0 Å². The third-order valence-corrected chi connectivity index (χ3v) is 6.25. The van der Waals surface area contributed by atoms with Crippen molar-refractivity contribution in [3.8, 4) is 0 Å². The number of nitrogens with one attached hydrogen (secondary N) is 2. The van der Waals surface area contributed by atoms with Gasteiger partial charge in [-0.2, -0.15) is 12.7 Å². The molecular formula is C16H20BrFN6O6S. The zero-order valence-electron chi connectivity index (χ0n) is 16.4. The molecule has 1 aromatic heterocycles. The van der Waals surface area contributed by atoms with E-state index in [1.165, 1.54) is 18.2 Å². The molecule has 1 fully saturated rings. The summed E-state index contributed by atoms with van der Waals surface area (Å²) in [5.41, 5.74) is 0.769. The molecule has 1 saturated heterocycles. The molecule has 15 heteroatoms. The van der Waals surface area contributed by atoms with Crippen LogP contribution < -0.4 is 10.8 Å². The highest BCUT2D eigenvalue weighted by Gasteiger charge is 2.47. The lowest BCUT2D eigenvalue weighted by Crippen LogP contribution is -2.66. The van der Waals surface area contributed by atoms with E-state index in [0.717, 1.165) is 4.31 Å². The summed E-state index contributed by atoms with van der Waals surface area (Å²) >= 11 is 3.04. The lowest BCUT2D eigenvalue weighted by Gasteiger charge is -2.44. The molecule has 170 valence electrons. The van der Waals surface area contributed by atoms with E-state index in [1.807, 2.05) is 5.48 Å².